The molecule has 0 heterocycles. The smallest absolute Gasteiger partial charge is 0.245 e. The normalized spacial score (nSPS) is 13.7. The fourth-order valence-corrected chi connectivity index (χ4v) is 4.15. The van der Waals surface area contributed by atoms with E-state index in [1.54, 1.807) is 53.6 Å². The second kappa shape index (κ2) is 27.8. The van der Waals surface area contributed by atoms with Crippen LogP contribution >= 0.6 is 11.8 Å². The van der Waals surface area contributed by atoms with Gasteiger partial charge in [0.1, 0.15) is 6.04 Å². The third-order valence-corrected chi connectivity index (χ3v) is 7.78. The van der Waals surface area contributed by atoms with Gasteiger partial charge in [-0.15, -0.1) is 24.9 Å². The zero-order chi connectivity index (χ0) is 40.8. The van der Waals surface area contributed by atoms with Gasteiger partial charge in [-0.05, 0) is 55.6 Å². The van der Waals surface area contributed by atoms with E-state index >= 15 is 0 Å². The molecule has 0 aromatic rings. The molecule has 15 nitrogen and oxygen atoms in total. The van der Waals surface area contributed by atoms with E-state index in [2.05, 4.69) is 64.6 Å². The van der Waals surface area contributed by atoms with Crippen molar-refractivity contribution in [1.82, 2.24) is 31.5 Å². The zero-order valence-corrected chi connectivity index (χ0v) is 38.1. The van der Waals surface area contributed by atoms with Crippen molar-refractivity contribution in [3.63, 3.8) is 0 Å². The van der Waals surface area contributed by atoms with Crippen LogP contribution in [0.1, 0.15) is 90.0 Å². The van der Waals surface area contributed by atoms with E-state index in [-0.39, 0.29) is 73.2 Å². The Morgan fingerprint density at radius 2 is 1.23 bits per heavy atom. The van der Waals surface area contributed by atoms with Crippen LogP contribution in [0, 0.1) is 24.2 Å². The molecule has 0 aromatic carbocycles. The molecule has 0 saturated carbocycles. The van der Waals surface area contributed by atoms with Gasteiger partial charge in [-0.2, -0.15) is 5.41 Å². The Hall–Kier alpha value is -1.69. The molecule has 0 spiro atoms. The van der Waals surface area contributed by atoms with Crippen LogP contribution < -0.4 is 26.6 Å². The van der Waals surface area contributed by atoms with Crippen LogP contribution in [0.3, 0.4) is 0 Å². The molecule has 0 fully saturated rings. The van der Waals surface area contributed by atoms with Gasteiger partial charge in [0.05, 0.1) is 47.6 Å². The predicted molar refractivity (Wildman–Crippen MR) is 208 cm³/mol. The molecule has 52 heavy (non-hydrogen) atoms. The number of nitrogens with one attached hydrogen (secondary N) is 5. The molecular weight excluding hydrogens is 765 g/mol. The topological polar surface area (TPSA) is 217 Å². The van der Waals surface area contributed by atoms with Crippen molar-refractivity contribution in [2.75, 3.05) is 52.0 Å². The number of Topliss-reactive ketones (excluding diaryl/α,β-unsaturated/α-hetero) is 1. The maximum absolute atomic E-state index is 12.6. The second-order valence-electron chi connectivity index (χ2n) is 15.7. The van der Waals surface area contributed by atoms with Crippen molar-refractivity contribution in [2.45, 2.75) is 113 Å². The molecule has 0 bridgehead atoms. The van der Waals surface area contributed by atoms with Crippen LogP contribution in [0.25, 0.3) is 0 Å². The van der Waals surface area contributed by atoms with Crippen molar-refractivity contribution in [1.29, 1.82) is 0 Å². The van der Waals surface area contributed by atoms with E-state index in [0.29, 0.717) is 30.4 Å². The summed E-state index contributed by atoms with van der Waals surface area (Å²) in [6.45, 7) is 28.8. The Labute approximate surface area is 343 Å². The van der Waals surface area contributed by atoms with Gasteiger partial charge in [-0.1, -0.05) is 51.9 Å². The number of amides is 3. The van der Waals surface area contributed by atoms with E-state index in [9.17, 15) is 24.3 Å². The van der Waals surface area contributed by atoms with Gasteiger partial charge < -0.3 is 60.3 Å². The molecule has 8 N–H and O–H groups in total. The Balaban J connectivity index is -0.000000401. The third kappa shape index (κ3) is 30.7. The molecule has 0 aliphatic heterocycles. The number of aliphatic hydroxyl groups excluding tert-OH is 1. The number of aliphatic hydroxyl groups is 1. The molecule has 0 aromatic heterocycles. The van der Waals surface area contributed by atoms with Crippen molar-refractivity contribution in [3.8, 4) is 0 Å². The van der Waals surface area contributed by atoms with Gasteiger partial charge in [0.2, 0.25) is 17.7 Å². The quantitative estimate of drug-likeness (QED) is 0.0236. The van der Waals surface area contributed by atoms with Crippen molar-refractivity contribution in [3.05, 3.63) is 13.3 Å². The minimum absolute atomic E-state index is 0. The average molecular weight is 836 g/mol. The first-order valence-electron chi connectivity index (χ1n) is 16.8. The van der Waals surface area contributed by atoms with Gasteiger partial charge in [-0.3, -0.25) is 19.2 Å². The molecule has 0 unspecified atom stereocenters. The molecule has 17 heteroatoms. The number of hydrogen-bond donors (Lipinski definition) is 8. The molecule has 0 saturated heterocycles. The molecule has 3 amide bonds. The van der Waals surface area contributed by atoms with E-state index in [4.69, 9.17) is 10.4 Å². The molecule has 2 atom stereocenters. The van der Waals surface area contributed by atoms with Crippen LogP contribution in [0.4, 0.5) is 0 Å². The Bertz CT molecular complexity index is 1080. The van der Waals surface area contributed by atoms with Gasteiger partial charge in [0.25, 0.3) is 0 Å². The molecule has 303 valence electrons. The number of ketones is 1. The summed E-state index contributed by atoms with van der Waals surface area (Å²) in [5.41, 5.74) is 0.150. The first kappa shape index (κ1) is 57.0. The van der Waals surface area contributed by atoms with Crippen molar-refractivity contribution < 1.29 is 67.4 Å². The Morgan fingerprint density at radius 1 is 0.808 bits per heavy atom. The predicted octanol–water partition coefficient (Wildman–Crippen LogP) is 2.44. The van der Waals surface area contributed by atoms with Crippen LogP contribution in [-0.4, -0.2) is 130 Å². The molecule has 0 aliphatic carbocycles. The van der Waals surface area contributed by atoms with E-state index in [1.807, 2.05) is 34.1 Å². The fraction of sp³-hybridized carbons (Fsp3) is 0.771. The van der Waals surface area contributed by atoms with Gasteiger partial charge in [0, 0.05) is 50.8 Å². The van der Waals surface area contributed by atoms with E-state index < -0.39 is 35.9 Å². The zero-order valence-electron chi connectivity index (χ0n) is 34.5. The summed E-state index contributed by atoms with van der Waals surface area (Å²) in [4.78, 5) is 49.5. The summed E-state index contributed by atoms with van der Waals surface area (Å²) in [6.07, 6.45) is 2.04. The number of oxime groups is 2. The average Bonchev–Trinajstić information content (AvgIpc) is 2.98. The minimum atomic E-state index is -1.15. The number of likely N-dealkylation sites (N-methyl/N-ethyl adjacent to an activating group) is 1. The summed E-state index contributed by atoms with van der Waals surface area (Å²) in [6, 6.07) is -1.95. The molecular formula is C35H70N8O7SY-2. The van der Waals surface area contributed by atoms with Crippen LogP contribution in [0.15, 0.2) is 10.3 Å². The molecule has 0 rings (SSSR count). The van der Waals surface area contributed by atoms with Crippen molar-refractivity contribution >= 4 is 46.7 Å². The summed E-state index contributed by atoms with van der Waals surface area (Å²) in [5, 5.41) is 47.6. The summed E-state index contributed by atoms with van der Waals surface area (Å²) < 4.78 is 0. The van der Waals surface area contributed by atoms with Gasteiger partial charge in [0.15, 0.2) is 5.78 Å². The number of thioether (sulfide) groups is 1. The van der Waals surface area contributed by atoms with Crippen LogP contribution in [0.2, 0.25) is 0 Å². The van der Waals surface area contributed by atoms with Gasteiger partial charge >= 0.3 is 0 Å². The van der Waals surface area contributed by atoms with Gasteiger partial charge in [-0.25, -0.2) is 0 Å². The Morgan fingerprint density at radius 3 is 1.56 bits per heavy atom. The second-order valence-corrected chi connectivity index (χ2v) is 16.7. The van der Waals surface area contributed by atoms with Crippen LogP contribution in [-0.2, 0) is 51.9 Å². The summed E-state index contributed by atoms with van der Waals surface area (Å²) in [7, 11) is 3.41. The standard InChI is InChI=1S/C17H32N4O5S.C13H27N4O2.C5H11.Y/c1-11(23)18-10-27-9-13(15(25)17(2,3)4)20-16(26)12(8-22)19-14(24)7-21(5)6;1-10(16-18)12(3,4)14-8-7-9-15-13(5,6)11(2)17-19;1-5(2,3)4;/h12-13,22H,7-10H2,1-6H3,(H,18,23)(H,19,24)(H,20,26);7,14-15,18-19H,8-9H2,1-6H3;1H2,2-4H3;/q;2*-1;/b;16-10+,17-11+;;/t12-,13-;;;/m0.../s1. The maximum atomic E-state index is 12.6. The molecule has 0 aliphatic rings. The fourth-order valence-electron chi connectivity index (χ4n) is 3.26. The number of carbonyl (C=O) groups excluding carboxylic acids is 4. The Kier molecular flexibility index (Phi) is 30.5. The first-order valence-corrected chi connectivity index (χ1v) is 18.0. The largest absolute Gasteiger partial charge is 0.411 e. The number of hydrogen-bond acceptors (Lipinski definition) is 13. The summed E-state index contributed by atoms with van der Waals surface area (Å²) >= 11 is 1.29. The minimum Gasteiger partial charge on any atom is -0.411 e. The first-order chi connectivity index (χ1) is 23.0. The molecule has 1 radical (unpaired) electrons. The van der Waals surface area contributed by atoms with Crippen LogP contribution in [0.5, 0.6) is 0 Å². The number of carbonyl (C=O) groups is 4. The monoisotopic (exact) mass is 835 g/mol. The SMILES string of the molecule is C/C(=N\O)C(C)(C)NC[CH-]CNC(C)(C)/C(C)=N/O.CC(=O)NCSC[C@H](NC(=O)[C@H](CO)NC(=O)CN(C)C)C(=O)C(C)(C)C.[CH2-]C(C)(C)C.[Y]. The van der Waals surface area contributed by atoms with E-state index in [0.717, 1.165) is 0 Å². The number of rotatable bonds is 19. The maximum Gasteiger partial charge on any atom is 0.245 e. The summed E-state index contributed by atoms with van der Waals surface area (Å²) in [5.74, 6) is -0.842. The van der Waals surface area contributed by atoms with Crippen molar-refractivity contribution in [2.24, 2.45) is 21.1 Å². The third-order valence-electron chi connectivity index (χ3n) is 6.86. The number of nitrogens with zero attached hydrogens (tertiary/aromatic N) is 3. The van der Waals surface area contributed by atoms with E-state index in [1.165, 1.54) is 18.7 Å².